The molecule has 13 heavy (non-hydrogen) atoms. The molecule has 4 heteroatoms. The van der Waals surface area contributed by atoms with Gasteiger partial charge in [-0.1, -0.05) is 0 Å². The van der Waals surface area contributed by atoms with Crippen LogP contribution < -0.4 is 5.73 Å². The summed E-state index contributed by atoms with van der Waals surface area (Å²) in [4.78, 5) is 12.0. The van der Waals surface area contributed by atoms with E-state index in [1.807, 2.05) is 6.26 Å². The average Bonchev–Trinajstić information content (AvgIpc) is 2.17. The van der Waals surface area contributed by atoms with Crippen molar-refractivity contribution in [3.63, 3.8) is 0 Å². The molecule has 0 atom stereocenters. The third-order valence-corrected chi connectivity index (χ3v) is 2.38. The van der Waals surface area contributed by atoms with Crippen LogP contribution in [-0.2, 0) is 0 Å². The average molecular weight is 199 g/mol. The number of carbonyl (C=O) groups excluding carboxylic acids is 1. The minimum atomic E-state index is -0.506. The largest absolute Gasteiger partial charge is 0.324 e. The van der Waals surface area contributed by atoms with Gasteiger partial charge in [0.05, 0.1) is 12.1 Å². The SMILES string of the molecule is CSc1ccc(F)c(C(=O)CN)c1. The lowest BCUT2D eigenvalue weighted by molar-refractivity contribution is 0.0997. The highest BCUT2D eigenvalue weighted by atomic mass is 32.2. The molecule has 1 aromatic carbocycles. The zero-order chi connectivity index (χ0) is 9.84. The van der Waals surface area contributed by atoms with Crippen molar-refractivity contribution < 1.29 is 9.18 Å². The van der Waals surface area contributed by atoms with Crippen LogP contribution in [0.15, 0.2) is 23.1 Å². The minimum absolute atomic E-state index is 0.0781. The van der Waals surface area contributed by atoms with E-state index in [0.29, 0.717) is 0 Å². The maximum atomic E-state index is 13.1. The normalized spacial score (nSPS) is 10.1. The first kappa shape index (κ1) is 10.2. The van der Waals surface area contributed by atoms with Gasteiger partial charge in [-0.05, 0) is 24.5 Å². The van der Waals surface area contributed by atoms with Crippen LogP contribution in [0.1, 0.15) is 10.4 Å². The molecule has 1 rings (SSSR count). The predicted molar refractivity (Wildman–Crippen MR) is 51.6 cm³/mol. The number of benzene rings is 1. The van der Waals surface area contributed by atoms with E-state index in [1.165, 1.54) is 23.9 Å². The van der Waals surface area contributed by atoms with E-state index in [-0.39, 0.29) is 17.9 Å². The Morgan fingerprint density at radius 2 is 2.31 bits per heavy atom. The first-order valence-corrected chi connectivity index (χ1v) is 4.98. The number of carbonyl (C=O) groups is 1. The fourth-order valence-electron chi connectivity index (χ4n) is 0.955. The highest BCUT2D eigenvalue weighted by molar-refractivity contribution is 7.98. The van der Waals surface area contributed by atoms with E-state index in [0.717, 1.165) is 4.90 Å². The second kappa shape index (κ2) is 4.39. The van der Waals surface area contributed by atoms with E-state index in [4.69, 9.17) is 5.73 Å². The molecule has 0 fully saturated rings. The molecule has 0 saturated carbocycles. The maximum absolute atomic E-state index is 13.1. The lowest BCUT2D eigenvalue weighted by Gasteiger charge is -2.02. The Hall–Kier alpha value is -0.870. The molecule has 0 unspecified atom stereocenters. The van der Waals surface area contributed by atoms with Crippen LogP contribution in [-0.4, -0.2) is 18.6 Å². The quantitative estimate of drug-likeness (QED) is 0.595. The summed E-state index contributed by atoms with van der Waals surface area (Å²) < 4.78 is 13.1. The highest BCUT2D eigenvalue weighted by Crippen LogP contribution is 2.18. The fraction of sp³-hybridized carbons (Fsp3) is 0.222. The van der Waals surface area contributed by atoms with Gasteiger partial charge in [-0.3, -0.25) is 4.79 Å². The summed E-state index contributed by atoms with van der Waals surface area (Å²) in [7, 11) is 0. The molecular weight excluding hydrogens is 189 g/mol. The van der Waals surface area contributed by atoms with Crippen LogP contribution in [0.25, 0.3) is 0 Å². The summed E-state index contributed by atoms with van der Waals surface area (Å²) >= 11 is 1.46. The Morgan fingerprint density at radius 1 is 1.62 bits per heavy atom. The van der Waals surface area contributed by atoms with Crippen LogP contribution in [0, 0.1) is 5.82 Å². The molecule has 0 aliphatic carbocycles. The van der Waals surface area contributed by atoms with Crippen molar-refractivity contribution >= 4 is 17.5 Å². The first-order chi connectivity index (χ1) is 6.19. The first-order valence-electron chi connectivity index (χ1n) is 3.76. The molecule has 2 nitrogen and oxygen atoms in total. The number of hydrogen-bond donors (Lipinski definition) is 1. The molecule has 0 radical (unpaired) electrons. The topological polar surface area (TPSA) is 43.1 Å². The van der Waals surface area contributed by atoms with Crippen LogP contribution in [0.4, 0.5) is 4.39 Å². The van der Waals surface area contributed by atoms with Gasteiger partial charge in [-0.2, -0.15) is 0 Å². The Morgan fingerprint density at radius 3 is 2.85 bits per heavy atom. The number of rotatable bonds is 3. The Labute approximate surface area is 80.3 Å². The number of halogens is 1. The van der Waals surface area contributed by atoms with Gasteiger partial charge in [-0.15, -0.1) is 11.8 Å². The van der Waals surface area contributed by atoms with Gasteiger partial charge in [0.15, 0.2) is 5.78 Å². The number of nitrogens with two attached hydrogens (primary N) is 1. The Balaban J connectivity index is 3.11. The van der Waals surface area contributed by atoms with Gasteiger partial charge < -0.3 is 5.73 Å². The summed E-state index contributed by atoms with van der Waals surface area (Å²) in [6.45, 7) is -0.158. The molecule has 0 spiro atoms. The van der Waals surface area contributed by atoms with Crippen LogP contribution in [0.2, 0.25) is 0 Å². The van der Waals surface area contributed by atoms with Gasteiger partial charge in [0.2, 0.25) is 0 Å². The van der Waals surface area contributed by atoms with Gasteiger partial charge in [0, 0.05) is 4.90 Å². The van der Waals surface area contributed by atoms with E-state index in [2.05, 4.69) is 0 Å². The zero-order valence-corrected chi connectivity index (χ0v) is 8.03. The molecule has 0 saturated heterocycles. The van der Waals surface area contributed by atoms with Crippen molar-refractivity contribution in [2.75, 3.05) is 12.8 Å². The van der Waals surface area contributed by atoms with Crippen molar-refractivity contribution in [2.24, 2.45) is 5.73 Å². The van der Waals surface area contributed by atoms with E-state index in [9.17, 15) is 9.18 Å². The number of hydrogen-bond acceptors (Lipinski definition) is 3. The van der Waals surface area contributed by atoms with E-state index >= 15 is 0 Å². The summed E-state index contributed by atoms with van der Waals surface area (Å²) in [6, 6.07) is 4.44. The molecule has 70 valence electrons. The number of thioether (sulfide) groups is 1. The summed E-state index contributed by atoms with van der Waals surface area (Å²) in [5, 5.41) is 0. The van der Waals surface area contributed by atoms with Crippen LogP contribution in [0.3, 0.4) is 0 Å². The fourth-order valence-corrected chi connectivity index (χ4v) is 1.39. The van der Waals surface area contributed by atoms with Crippen LogP contribution in [0.5, 0.6) is 0 Å². The maximum Gasteiger partial charge on any atom is 0.179 e. The lowest BCUT2D eigenvalue weighted by atomic mass is 10.1. The highest BCUT2D eigenvalue weighted by Gasteiger charge is 2.10. The van der Waals surface area contributed by atoms with Gasteiger partial charge in [0.25, 0.3) is 0 Å². The predicted octanol–water partition coefficient (Wildman–Crippen LogP) is 1.69. The van der Waals surface area contributed by atoms with Crippen molar-refractivity contribution in [1.82, 2.24) is 0 Å². The molecule has 0 aromatic heterocycles. The zero-order valence-electron chi connectivity index (χ0n) is 7.21. The number of ketones is 1. The van der Waals surface area contributed by atoms with E-state index in [1.54, 1.807) is 6.07 Å². The summed E-state index contributed by atoms with van der Waals surface area (Å²) in [5.41, 5.74) is 5.22. The smallest absolute Gasteiger partial charge is 0.179 e. The van der Waals surface area contributed by atoms with Crippen molar-refractivity contribution in [3.05, 3.63) is 29.6 Å². The van der Waals surface area contributed by atoms with Crippen molar-refractivity contribution in [1.29, 1.82) is 0 Å². The van der Waals surface area contributed by atoms with Gasteiger partial charge in [-0.25, -0.2) is 4.39 Å². The third kappa shape index (κ3) is 2.29. The van der Waals surface area contributed by atoms with Crippen molar-refractivity contribution in [3.8, 4) is 0 Å². The molecule has 0 amide bonds. The summed E-state index contributed by atoms with van der Waals surface area (Å²) in [5.74, 6) is -0.873. The monoisotopic (exact) mass is 199 g/mol. The molecule has 0 bridgehead atoms. The molecule has 0 heterocycles. The number of Topliss-reactive ketones (excluding diaryl/α,β-unsaturated/α-hetero) is 1. The van der Waals surface area contributed by atoms with Crippen molar-refractivity contribution in [2.45, 2.75) is 4.90 Å². The Bertz CT molecular complexity index is 327. The second-order valence-corrected chi connectivity index (χ2v) is 3.35. The Kier molecular flexibility index (Phi) is 3.45. The summed E-state index contributed by atoms with van der Waals surface area (Å²) in [6.07, 6.45) is 1.87. The molecule has 2 N–H and O–H groups in total. The van der Waals surface area contributed by atoms with Gasteiger partial charge in [0.1, 0.15) is 5.82 Å². The molecule has 0 aliphatic rings. The molecule has 1 aromatic rings. The molecule has 0 aliphatic heterocycles. The standard InChI is InChI=1S/C9H10FNOS/c1-13-6-2-3-8(10)7(4-6)9(12)5-11/h2-4H,5,11H2,1H3. The van der Waals surface area contributed by atoms with E-state index < -0.39 is 5.82 Å². The van der Waals surface area contributed by atoms with Gasteiger partial charge >= 0.3 is 0 Å². The third-order valence-electron chi connectivity index (χ3n) is 1.66. The van der Waals surface area contributed by atoms with Crippen LogP contribution >= 0.6 is 11.8 Å². The second-order valence-electron chi connectivity index (χ2n) is 2.47. The molecular formula is C9H10FNOS. The lowest BCUT2D eigenvalue weighted by Crippen LogP contribution is -2.15. The minimum Gasteiger partial charge on any atom is -0.324 e.